The molecule has 0 aromatic rings. The van der Waals surface area contributed by atoms with Crippen molar-refractivity contribution in [2.45, 2.75) is 71.5 Å². The van der Waals surface area contributed by atoms with Crippen LogP contribution in [0.3, 0.4) is 0 Å². The number of hydrogen-bond acceptors (Lipinski definition) is 3. The maximum Gasteiger partial charge on any atom is 0.222 e. The molecule has 1 amide bonds. The first-order valence-electron chi connectivity index (χ1n) is 7.49. The lowest BCUT2D eigenvalue weighted by atomic mass is 9.91. The first kappa shape index (κ1) is 16.4. The van der Waals surface area contributed by atoms with Gasteiger partial charge in [-0.05, 0) is 53.0 Å². The van der Waals surface area contributed by atoms with Crippen LogP contribution in [0.1, 0.15) is 53.9 Å². The highest BCUT2D eigenvalue weighted by molar-refractivity contribution is 5.77. The van der Waals surface area contributed by atoms with Crippen LogP contribution in [0.2, 0.25) is 0 Å². The number of carbonyl (C=O) groups excluding carboxylic acids is 1. The maximum absolute atomic E-state index is 12.0. The first-order chi connectivity index (χ1) is 8.73. The van der Waals surface area contributed by atoms with Crippen molar-refractivity contribution in [3.8, 4) is 0 Å². The Morgan fingerprint density at radius 1 is 1.42 bits per heavy atom. The Morgan fingerprint density at radius 3 is 2.53 bits per heavy atom. The van der Waals surface area contributed by atoms with E-state index in [2.05, 4.69) is 24.1 Å². The predicted octanol–water partition coefficient (Wildman–Crippen LogP) is 1.74. The summed E-state index contributed by atoms with van der Waals surface area (Å²) in [5.41, 5.74) is 5.72. The monoisotopic (exact) mass is 269 g/mol. The lowest BCUT2D eigenvalue weighted by molar-refractivity contribution is -0.124. The van der Waals surface area contributed by atoms with Gasteiger partial charge in [0.2, 0.25) is 5.91 Å². The Labute approximate surface area is 118 Å². The summed E-state index contributed by atoms with van der Waals surface area (Å²) in [5.74, 6) is 0.891. The van der Waals surface area contributed by atoms with Crippen LogP contribution in [-0.4, -0.2) is 41.5 Å². The first-order valence-corrected chi connectivity index (χ1v) is 7.49. The van der Waals surface area contributed by atoms with E-state index in [0.29, 0.717) is 19.0 Å². The van der Waals surface area contributed by atoms with Crippen LogP contribution in [0.5, 0.6) is 0 Å². The molecule has 0 bridgehead atoms. The Bertz CT molecular complexity index is 298. The minimum atomic E-state index is -0.168. The van der Waals surface area contributed by atoms with E-state index in [1.54, 1.807) is 0 Å². The van der Waals surface area contributed by atoms with Crippen molar-refractivity contribution >= 4 is 5.91 Å². The molecule has 1 rings (SSSR count). The van der Waals surface area contributed by atoms with Gasteiger partial charge in [-0.15, -0.1) is 0 Å². The molecule has 1 fully saturated rings. The summed E-state index contributed by atoms with van der Waals surface area (Å²) < 4.78 is 0. The van der Waals surface area contributed by atoms with E-state index in [1.807, 2.05) is 20.8 Å². The summed E-state index contributed by atoms with van der Waals surface area (Å²) in [6.45, 7) is 12.2. The van der Waals surface area contributed by atoms with Crippen molar-refractivity contribution in [3.63, 3.8) is 0 Å². The fourth-order valence-electron chi connectivity index (χ4n) is 2.99. The number of carbonyl (C=O) groups is 1. The summed E-state index contributed by atoms with van der Waals surface area (Å²) in [6.07, 6.45) is 2.92. The molecule has 0 aromatic heterocycles. The zero-order chi connectivity index (χ0) is 14.6. The van der Waals surface area contributed by atoms with Gasteiger partial charge in [-0.2, -0.15) is 0 Å². The molecule has 3 atom stereocenters. The number of piperidine rings is 1. The topological polar surface area (TPSA) is 58.4 Å². The number of nitrogens with two attached hydrogens (primary N) is 1. The second kappa shape index (κ2) is 6.71. The largest absolute Gasteiger partial charge is 0.351 e. The summed E-state index contributed by atoms with van der Waals surface area (Å²) in [5, 5.41) is 3.03. The molecule has 19 heavy (non-hydrogen) atoms. The Morgan fingerprint density at radius 2 is 2.05 bits per heavy atom. The van der Waals surface area contributed by atoms with E-state index in [1.165, 1.54) is 12.8 Å². The lowest BCUT2D eigenvalue weighted by Gasteiger charge is -2.41. The third-order valence-corrected chi connectivity index (χ3v) is 3.87. The van der Waals surface area contributed by atoms with E-state index in [-0.39, 0.29) is 17.5 Å². The van der Waals surface area contributed by atoms with Gasteiger partial charge in [0.25, 0.3) is 0 Å². The van der Waals surface area contributed by atoms with Gasteiger partial charge in [0, 0.05) is 30.6 Å². The molecular weight excluding hydrogens is 238 g/mol. The van der Waals surface area contributed by atoms with E-state index >= 15 is 0 Å². The van der Waals surface area contributed by atoms with Crippen molar-refractivity contribution in [3.05, 3.63) is 0 Å². The standard InChI is InChI=1S/C15H31N3O/c1-11-6-7-18(12(2)8-11)13(10-16)9-14(19)17-15(3,4)5/h11-13H,6-10,16H2,1-5H3,(H,17,19). The van der Waals surface area contributed by atoms with Crippen LogP contribution in [0.25, 0.3) is 0 Å². The quantitative estimate of drug-likeness (QED) is 0.817. The van der Waals surface area contributed by atoms with Gasteiger partial charge in [0.15, 0.2) is 0 Å². The third-order valence-electron chi connectivity index (χ3n) is 3.87. The molecule has 4 heteroatoms. The molecule has 1 saturated heterocycles. The Hall–Kier alpha value is -0.610. The SMILES string of the molecule is CC1CCN(C(CN)CC(=O)NC(C)(C)C)C(C)C1. The lowest BCUT2D eigenvalue weighted by Crippen LogP contribution is -2.52. The Balaban J connectivity index is 2.55. The molecule has 1 aliphatic rings. The molecule has 3 unspecified atom stereocenters. The molecule has 1 aliphatic heterocycles. The van der Waals surface area contributed by atoms with Gasteiger partial charge >= 0.3 is 0 Å². The van der Waals surface area contributed by atoms with Gasteiger partial charge in [-0.1, -0.05) is 6.92 Å². The van der Waals surface area contributed by atoms with Crippen molar-refractivity contribution in [1.82, 2.24) is 10.2 Å². The Kier molecular flexibility index (Phi) is 5.81. The molecule has 0 saturated carbocycles. The van der Waals surface area contributed by atoms with Crippen LogP contribution in [-0.2, 0) is 4.79 Å². The van der Waals surface area contributed by atoms with Crippen LogP contribution >= 0.6 is 0 Å². The molecule has 0 aliphatic carbocycles. The van der Waals surface area contributed by atoms with Gasteiger partial charge in [-0.25, -0.2) is 0 Å². The zero-order valence-electron chi connectivity index (χ0n) is 13.2. The number of nitrogens with one attached hydrogen (secondary N) is 1. The summed E-state index contributed by atoms with van der Waals surface area (Å²) in [6, 6.07) is 0.699. The van der Waals surface area contributed by atoms with E-state index in [9.17, 15) is 4.79 Å². The molecule has 0 spiro atoms. The molecule has 3 N–H and O–H groups in total. The highest BCUT2D eigenvalue weighted by Crippen LogP contribution is 2.24. The van der Waals surface area contributed by atoms with Crippen LogP contribution in [0.4, 0.5) is 0 Å². The number of nitrogens with zero attached hydrogens (tertiary/aromatic N) is 1. The van der Waals surface area contributed by atoms with Crippen LogP contribution in [0.15, 0.2) is 0 Å². The van der Waals surface area contributed by atoms with Gasteiger partial charge in [-0.3, -0.25) is 9.69 Å². The molecule has 4 nitrogen and oxygen atoms in total. The maximum atomic E-state index is 12.0. The number of amides is 1. The number of likely N-dealkylation sites (tertiary alicyclic amines) is 1. The fourth-order valence-corrected chi connectivity index (χ4v) is 2.99. The fraction of sp³-hybridized carbons (Fsp3) is 0.933. The van der Waals surface area contributed by atoms with Crippen molar-refractivity contribution in [2.75, 3.05) is 13.1 Å². The summed E-state index contributed by atoms with van der Waals surface area (Å²) in [7, 11) is 0. The predicted molar refractivity (Wildman–Crippen MR) is 79.9 cm³/mol. The van der Waals surface area contributed by atoms with Gasteiger partial charge in [0.1, 0.15) is 0 Å². The second-order valence-corrected chi connectivity index (χ2v) is 7.11. The average molecular weight is 269 g/mol. The van der Waals surface area contributed by atoms with Crippen LogP contribution < -0.4 is 11.1 Å². The number of hydrogen-bond donors (Lipinski definition) is 2. The van der Waals surface area contributed by atoms with Gasteiger partial charge < -0.3 is 11.1 Å². The summed E-state index contributed by atoms with van der Waals surface area (Å²) in [4.78, 5) is 14.5. The van der Waals surface area contributed by atoms with E-state index in [0.717, 1.165) is 12.5 Å². The highest BCUT2D eigenvalue weighted by atomic mass is 16.1. The van der Waals surface area contributed by atoms with Crippen molar-refractivity contribution < 1.29 is 4.79 Å². The van der Waals surface area contributed by atoms with E-state index < -0.39 is 0 Å². The molecule has 0 radical (unpaired) electrons. The van der Waals surface area contributed by atoms with Crippen LogP contribution in [0, 0.1) is 5.92 Å². The minimum Gasteiger partial charge on any atom is -0.351 e. The van der Waals surface area contributed by atoms with Crippen molar-refractivity contribution in [1.29, 1.82) is 0 Å². The molecule has 0 aromatic carbocycles. The second-order valence-electron chi connectivity index (χ2n) is 7.11. The van der Waals surface area contributed by atoms with Crippen molar-refractivity contribution in [2.24, 2.45) is 11.7 Å². The summed E-state index contributed by atoms with van der Waals surface area (Å²) >= 11 is 0. The third kappa shape index (κ3) is 5.49. The molecular formula is C15H31N3O. The normalized spacial score (nSPS) is 27.1. The van der Waals surface area contributed by atoms with E-state index in [4.69, 9.17) is 5.73 Å². The number of rotatable bonds is 4. The highest BCUT2D eigenvalue weighted by Gasteiger charge is 2.29. The minimum absolute atomic E-state index is 0.105. The molecule has 112 valence electrons. The average Bonchev–Trinajstić information content (AvgIpc) is 2.24. The molecule has 1 heterocycles. The van der Waals surface area contributed by atoms with Gasteiger partial charge in [0.05, 0.1) is 0 Å². The smallest absolute Gasteiger partial charge is 0.222 e. The zero-order valence-corrected chi connectivity index (χ0v) is 13.2.